The molecule has 0 aromatic heterocycles. The average Bonchev–Trinajstić information content (AvgIpc) is 2.83. The first-order valence-electron chi connectivity index (χ1n) is 12.6. The Bertz CT molecular complexity index is 625. The van der Waals surface area contributed by atoms with E-state index in [-0.39, 0.29) is 19.4 Å². The van der Waals surface area contributed by atoms with E-state index in [0.717, 1.165) is 38.5 Å². The third kappa shape index (κ3) is 21.7. The Labute approximate surface area is 209 Å². The highest BCUT2D eigenvalue weighted by Crippen LogP contribution is 2.43. The molecule has 0 aromatic rings. The summed E-state index contributed by atoms with van der Waals surface area (Å²) in [4.78, 5) is 33.5. The van der Waals surface area contributed by atoms with Crippen molar-refractivity contribution >= 4 is 19.8 Å². The fourth-order valence-corrected chi connectivity index (χ4v) is 3.68. The van der Waals surface area contributed by atoms with Gasteiger partial charge in [0.2, 0.25) is 0 Å². The minimum atomic E-state index is -4.57. The number of phosphoric acid groups is 1. The molecule has 0 aliphatic carbocycles. The van der Waals surface area contributed by atoms with Crippen LogP contribution in [-0.2, 0) is 32.7 Å². The summed E-state index contributed by atoms with van der Waals surface area (Å²) in [6.45, 7) is 1.86. The van der Waals surface area contributed by atoms with Gasteiger partial charge in [-0.15, -0.1) is 0 Å². The molecule has 0 saturated carbocycles. The molecule has 3 atom stereocenters. The van der Waals surface area contributed by atoms with Gasteiger partial charge in [0.05, 0.1) is 19.8 Å². The zero-order chi connectivity index (χ0) is 26.4. The SMILES string of the molecule is CCCC/C=C\CCCCCCCC(=O)OC(COC(=O)CCC)COP(=O)(O)OCC(O)CO. The lowest BCUT2D eigenvalue weighted by Gasteiger charge is -2.20. The number of esters is 2. The molecular weight excluding hydrogens is 479 g/mol. The molecule has 0 rings (SSSR count). The zero-order valence-corrected chi connectivity index (χ0v) is 22.2. The van der Waals surface area contributed by atoms with Crippen LogP contribution in [0.5, 0.6) is 0 Å². The Morgan fingerprint density at radius 1 is 0.829 bits per heavy atom. The highest BCUT2D eigenvalue weighted by molar-refractivity contribution is 7.47. The molecule has 0 bridgehead atoms. The van der Waals surface area contributed by atoms with Crippen molar-refractivity contribution in [3.05, 3.63) is 12.2 Å². The van der Waals surface area contributed by atoms with Gasteiger partial charge < -0.3 is 24.6 Å². The van der Waals surface area contributed by atoms with Crippen molar-refractivity contribution in [3.63, 3.8) is 0 Å². The van der Waals surface area contributed by atoms with E-state index in [1.165, 1.54) is 12.8 Å². The Hall–Kier alpha value is -1.29. The molecule has 0 spiro atoms. The predicted molar refractivity (Wildman–Crippen MR) is 132 cm³/mol. The summed E-state index contributed by atoms with van der Waals surface area (Å²) < 4.78 is 31.6. The van der Waals surface area contributed by atoms with E-state index in [9.17, 15) is 24.2 Å². The molecule has 10 nitrogen and oxygen atoms in total. The number of hydrogen-bond donors (Lipinski definition) is 3. The van der Waals surface area contributed by atoms with E-state index >= 15 is 0 Å². The summed E-state index contributed by atoms with van der Waals surface area (Å²) in [5, 5.41) is 18.0. The minimum absolute atomic E-state index is 0.173. The van der Waals surface area contributed by atoms with Gasteiger partial charge in [-0.2, -0.15) is 0 Å². The first-order valence-corrected chi connectivity index (χ1v) is 14.1. The van der Waals surface area contributed by atoms with Crippen LogP contribution in [0.2, 0.25) is 0 Å². The summed E-state index contributed by atoms with van der Waals surface area (Å²) in [5.41, 5.74) is 0. The second kappa shape index (κ2) is 21.9. The highest BCUT2D eigenvalue weighted by atomic mass is 31.2. The Morgan fingerprint density at radius 2 is 1.46 bits per heavy atom. The highest BCUT2D eigenvalue weighted by Gasteiger charge is 2.27. The first-order chi connectivity index (χ1) is 16.7. The van der Waals surface area contributed by atoms with Crippen molar-refractivity contribution in [3.8, 4) is 0 Å². The van der Waals surface area contributed by atoms with Gasteiger partial charge in [-0.1, -0.05) is 58.1 Å². The van der Waals surface area contributed by atoms with Gasteiger partial charge in [0.15, 0.2) is 6.10 Å². The summed E-state index contributed by atoms with van der Waals surface area (Å²) in [7, 11) is -4.57. The topological polar surface area (TPSA) is 149 Å². The van der Waals surface area contributed by atoms with Crippen molar-refractivity contribution in [2.75, 3.05) is 26.4 Å². The normalized spacial score (nSPS) is 15.0. The molecule has 0 aliphatic heterocycles. The van der Waals surface area contributed by atoms with Crippen LogP contribution < -0.4 is 0 Å². The van der Waals surface area contributed by atoms with E-state index in [1.807, 2.05) is 6.92 Å². The number of aliphatic hydroxyl groups is 2. The Morgan fingerprint density at radius 3 is 2.11 bits per heavy atom. The fraction of sp³-hybridized carbons (Fsp3) is 0.833. The van der Waals surface area contributed by atoms with Gasteiger partial charge in [0, 0.05) is 12.8 Å². The van der Waals surface area contributed by atoms with Crippen LogP contribution in [0.25, 0.3) is 0 Å². The molecule has 0 heterocycles. The maximum atomic E-state index is 12.2. The number of carbonyl (C=O) groups is 2. The third-order valence-electron chi connectivity index (χ3n) is 4.89. The van der Waals surface area contributed by atoms with Crippen LogP contribution in [0.4, 0.5) is 0 Å². The molecular formula is C24H45O10P. The maximum Gasteiger partial charge on any atom is 0.472 e. The van der Waals surface area contributed by atoms with Crippen molar-refractivity contribution in [2.24, 2.45) is 0 Å². The van der Waals surface area contributed by atoms with Crippen molar-refractivity contribution in [1.82, 2.24) is 0 Å². The molecule has 0 fully saturated rings. The van der Waals surface area contributed by atoms with Gasteiger partial charge in [0.1, 0.15) is 12.7 Å². The molecule has 3 N–H and O–H groups in total. The van der Waals surface area contributed by atoms with Crippen molar-refractivity contribution in [1.29, 1.82) is 0 Å². The number of allylic oxidation sites excluding steroid dienone is 2. The largest absolute Gasteiger partial charge is 0.472 e. The van der Waals surface area contributed by atoms with Crippen LogP contribution in [0.3, 0.4) is 0 Å². The average molecular weight is 525 g/mol. The summed E-state index contributed by atoms with van der Waals surface area (Å²) in [6.07, 6.45) is 12.4. The van der Waals surface area contributed by atoms with Gasteiger partial charge in [-0.05, 0) is 32.1 Å². The molecule has 0 amide bonds. The van der Waals surface area contributed by atoms with E-state index in [4.69, 9.17) is 19.1 Å². The fourth-order valence-electron chi connectivity index (χ4n) is 2.89. The van der Waals surface area contributed by atoms with E-state index in [2.05, 4.69) is 23.6 Å². The van der Waals surface area contributed by atoms with E-state index in [0.29, 0.717) is 12.8 Å². The van der Waals surface area contributed by atoms with Gasteiger partial charge in [-0.25, -0.2) is 4.57 Å². The second-order valence-electron chi connectivity index (χ2n) is 8.36. The van der Waals surface area contributed by atoms with Gasteiger partial charge in [-0.3, -0.25) is 18.6 Å². The summed E-state index contributed by atoms with van der Waals surface area (Å²) >= 11 is 0. The van der Waals surface area contributed by atoms with Crippen LogP contribution >= 0.6 is 7.82 Å². The lowest BCUT2D eigenvalue weighted by atomic mass is 10.1. The number of hydrogen-bond acceptors (Lipinski definition) is 9. The second-order valence-corrected chi connectivity index (χ2v) is 9.81. The molecule has 206 valence electrons. The number of unbranched alkanes of at least 4 members (excludes halogenated alkanes) is 7. The lowest BCUT2D eigenvalue weighted by Crippen LogP contribution is -2.29. The smallest absolute Gasteiger partial charge is 0.462 e. The minimum Gasteiger partial charge on any atom is -0.462 e. The number of carbonyl (C=O) groups excluding carboxylic acids is 2. The summed E-state index contributed by atoms with van der Waals surface area (Å²) in [6, 6.07) is 0. The van der Waals surface area contributed by atoms with Crippen molar-refractivity contribution < 1.29 is 47.8 Å². The zero-order valence-electron chi connectivity index (χ0n) is 21.3. The Balaban J connectivity index is 4.35. The van der Waals surface area contributed by atoms with Crippen LogP contribution in [0, 0.1) is 0 Å². The van der Waals surface area contributed by atoms with Gasteiger partial charge in [0.25, 0.3) is 0 Å². The lowest BCUT2D eigenvalue weighted by molar-refractivity contribution is -0.161. The number of aliphatic hydroxyl groups excluding tert-OH is 2. The van der Waals surface area contributed by atoms with Crippen LogP contribution in [0.15, 0.2) is 12.2 Å². The summed E-state index contributed by atoms with van der Waals surface area (Å²) in [5.74, 6) is -1.00. The number of ether oxygens (including phenoxy) is 2. The van der Waals surface area contributed by atoms with E-state index < -0.39 is 51.8 Å². The predicted octanol–water partition coefficient (Wildman–Crippen LogP) is 4.21. The van der Waals surface area contributed by atoms with Crippen LogP contribution in [0.1, 0.15) is 90.9 Å². The molecule has 3 unspecified atom stereocenters. The molecule has 0 saturated heterocycles. The van der Waals surface area contributed by atoms with Crippen molar-refractivity contribution in [2.45, 2.75) is 103 Å². The molecule has 0 radical (unpaired) electrons. The molecule has 0 aromatic carbocycles. The first kappa shape index (κ1) is 33.7. The molecule has 35 heavy (non-hydrogen) atoms. The van der Waals surface area contributed by atoms with Crippen LogP contribution in [-0.4, -0.2) is 65.7 Å². The monoisotopic (exact) mass is 524 g/mol. The van der Waals surface area contributed by atoms with Gasteiger partial charge >= 0.3 is 19.8 Å². The maximum absolute atomic E-state index is 12.2. The number of phosphoric ester groups is 1. The standard InChI is InChI=1S/C24H45O10P/c1-3-5-6-7-8-9-10-11-12-13-14-16-24(28)34-22(19-31-23(27)15-4-2)20-33-35(29,30)32-18-21(26)17-25/h7-8,21-22,25-26H,3-6,9-20H2,1-2H3,(H,29,30)/b8-7-. The van der Waals surface area contributed by atoms with E-state index in [1.54, 1.807) is 0 Å². The molecule has 11 heteroatoms. The third-order valence-corrected chi connectivity index (χ3v) is 5.84. The quantitative estimate of drug-likeness (QED) is 0.0768. The molecule has 0 aliphatic rings. The Kier molecular flexibility index (Phi) is 21.1. The number of rotatable bonds is 23.